The minimum atomic E-state index is -0.351. The van der Waals surface area contributed by atoms with Gasteiger partial charge in [0, 0.05) is 0 Å². The van der Waals surface area contributed by atoms with Gasteiger partial charge in [0.1, 0.15) is 0 Å². The summed E-state index contributed by atoms with van der Waals surface area (Å²) in [5, 5.41) is 10.5. The molecule has 3 aliphatic rings. The Kier molecular flexibility index (Phi) is 2.11. The van der Waals surface area contributed by atoms with Crippen molar-refractivity contribution in [1.29, 1.82) is 0 Å². The molecule has 0 radical (unpaired) electrons. The third-order valence-corrected chi connectivity index (χ3v) is 6.35. The van der Waals surface area contributed by atoms with Crippen molar-refractivity contribution in [2.75, 3.05) is 0 Å². The highest BCUT2D eigenvalue weighted by molar-refractivity contribution is 5.26. The van der Waals surface area contributed by atoms with Crippen molar-refractivity contribution in [2.45, 2.75) is 59.0 Å². The Bertz CT molecular complexity index is 307. The van der Waals surface area contributed by atoms with Crippen molar-refractivity contribution in [3.63, 3.8) is 0 Å². The van der Waals surface area contributed by atoms with Gasteiger partial charge >= 0.3 is 0 Å². The van der Waals surface area contributed by atoms with Crippen LogP contribution in [0, 0.1) is 35.0 Å². The van der Waals surface area contributed by atoms with Gasteiger partial charge in [0.2, 0.25) is 0 Å². The highest BCUT2D eigenvalue weighted by atomic mass is 16.3. The zero-order valence-electron chi connectivity index (χ0n) is 11.2. The summed E-state index contributed by atoms with van der Waals surface area (Å²) in [6.45, 7) is 9.27. The van der Waals surface area contributed by atoms with E-state index in [9.17, 15) is 5.11 Å². The average Bonchev–Trinajstić information content (AvgIpc) is 2.79. The Balaban J connectivity index is 1.92. The van der Waals surface area contributed by atoms with Gasteiger partial charge in [0.15, 0.2) is 0 Å². The lowest BCUT2D eigenvalue weighted by molar-refractivity contribution is 0.0291. The predicted octanol–water partition coefficient (Wildman–Crippen LogP) is 3.47. The third-order valence-electron chi connectivity index (χ3n) is 6.35. The monoisotopic (exact) mass is 222 g/mol. The molecular weight excluding hydrogens is 196 g/mol. The highest BCUT2D eigenvalue weighted by Crippen LogP contribution is 2.80. The number of fused-ring (bicyclic) bond motifs is 1. The quantitative estimate of drug-likeness (QED) is 0.720. The van der Waals surface area contributed by atoms with E-state index in [-0.39, 0.29) is 5.60 Å². The molecule has 6 atom stereocenters. The molecule has 0 aromatic heterocycles. The van der Waals surface area contributed by atoms with E-state index in [4.69, 9.17) is 0 Å². The Labute approximate surface area is 99.6 Å². The molecule has 0 bridgehead atoms. The Morgan fingerprint density at radius 3 is 2.50 bits per heavy atom. The predicted molar refractivity (Wildman–Crippen MR) is 66.0 cm³/mol. The van der Waals surface area contributed by atoms with Crippen molar-refractivity contribution in [1.82, 2.24) is 0 Å². The molecule has 0 aromatic rings. The zero-order chi connectivity index (χ0) is 11.7. The largest absolute Gasteiger partial charge is 0.390 e. The topological polar surface area (TPSA) is 20.2 Å². The fourth-order valence-electron chi connectivity index (χ4n) is 5.57. The van der Waals surface area contributed by atoms with Gasteiger partial charge < -0.3 is 5.11 Å². The first-order valence-electron chi connectivity index (χ1n) is 7.13. The van der Waals surface area contributed by atoms with Gasteiger partial charge in [0.05, 0.1) is 5.60 Å². The van der Waals surface area contributed by atoms with Crippen LogP contribution >= 0.6 is 0 Å². The SMILES string of the molecule is CC(C)[C@@H]1CC[C@@H](C)[C@@]23CC[C@](C)(O)[C@H]2C13. The number of hydrogen-bond acceptors (Lipinski definition) is 1. The molecule has 0 aliphatic heterocycles. The van der Waals surface area contributed by atoms with Crippen LogP contribution in [0.3, 0.4) is 0 Å². The van der Waals surface area contributed by atoms with Crippen molar-refractivity contribution >= 4 is 0 Å². The van der Waals surface area contributed by atoms with E-state index in [1.54, 1.807) is 0 Å². The van der Waals surface area contributed by atoms with E-state index in [1.165, 1.54) is 19.3 Å². The molecule has 0 heterocycles. The van der Waals surface area contributed by atoms with Crippen LogP contribution in [0.4, 0.5) is 0 Å². The lowest BCUT2D eigenvalue weighted by Crippen LogP contribution is -2.30. The normalized spacial score (nSPS) is 59.6. The molecule has 92 valence electrons. The van der Waals surface area contributed by atoms with E-state index in [1.807, 2.05) is 0 Å². The van der Waals surface area contributed by atoms with Crippen LogP contribution in [0.5, 0.6) is 0 Å². The molecular formula is C15H26O. The summed E-state index contributed by atoms with van der Waals surface area (Å²) in [5.74, 6) is 4.01. The fraction of sp³-hybridized carbons (Fsp3) is 1.00. The standard InChI is InChI=1S/C15H26O/c1-9(2)11-6-5-10(3)15-8-7-14(4,16)13(15)12(11)15/h9-13,16H,5-8H2,1-4H3/t10-,11+,12?,13-,14+,15-/m1/s1. The molecule has 3 rings (SSSR count). The number of hydrogen-bond donors (Lipinski definition) is 1. The molecule has 1 N–H and O–H groups in total. The summed E-state index contributed by atoms with van der Waals surface area (Å²) in [4.78, 5) is 0. The third kappa shape index (κ3) is 1.11. The van der Waals surface area contributed by atoms with Gasteiger partial charge in [-0.1, -0.05) is 20.8 Å². The van der Waals surface area contributed by atoms with Crippen molar-refractivity contribution < 1.29 is 5.11 Å². The van der Waals surface area contributed by atoms with Crippen molar-refractivity contribution in [3.05, 3.63) is 0 Å². The smallest absolute Gasteiger partial charge is 0.0656 e. The van der Waals surface area contributed by atoms with Gasteiger partial charge in [-0.25, -0.2) is 0 Å². The summed E-state index contributed by atoms with van der Waals surface area (Å²) in [5.41, 5.74) is 0.201. The summed E-state index contributed by atoms with van der Waals surface area (Å²) in [6, 6.07) is 0. The molecule has 3 fully saturated rings. The molecule has 3 saturated carbocycles. The number of aliphatic hydroxyl groups is 1. The van der Waals surface area contributed by atoms with Gasteiger partial charge in [-0.15, -0.1) is 0 Å². The first-order valence-corrected chi connectivity index (χ1v) is 7.13. The van der Waals surface area contributed by atoms with E-state index < -0.39 is 0 Å². The molecule has 3 aliphatic carbocycles. The Hall–Kier alpha value is -0.0400. The minimum absolute atomic E-state index is 0.351. The van der Waals surface area contributed by atoms with Crippen LogP contribution in [0.2, 0.25) is 0 Å². The first-order chi connectivity index (χ1) is 7.41. The molecule has 0 saturated heterocycles. The second kappa shape index (κ2) is 3.04. The maximum absolute atomic E-state index is 10.5. The lowest BCUT2D eigenvalue weighted by atomic mass is 9.69. The van der Waals surface area contributed by atoms with Crippen LogP contribution < -0.4 is 0 Å². The molecule has 0 aromatic carbocycles. The first kappa shape index (κ1) is 11.1. The van der Waals surface area contributed by atoms with Gasteiger partial charge in [-0.2, -0.15) is 0 Å². The van der Waals surface area contributed by atoms with E-state index in [0.717, 1.165) is 30.1 Å². The van der Waals surface area contributed by atoms with Crippen LogP contribution in [-0.2, 0) is 0 Å². The highest BCUT2D eigenvalue weighted by Gasteiger charge is 2.77. The summed E-state index contributed by atoms with van der Waals surface area (Å²) in [7, 11) is 0. The number of rotatable bonds is 1. The maximum Gasteiger partial charge on any atom is 0.0656 e. The van der Waals surface area contributed by atoms with Crippen LogP contribution in [0.1, 0.15) is 53.4 Å². The van der Waals surface area contributed by atoms with Crippen LogP contribution in [0.15, 0.2) is 0 Å². The van der Waals surface area contributed by atoms with Gasteiger partial charge in [-0.05, 0) is 67.6 Å². The van der Waals surface area contributed by atoms with E-state index in [2.05, 4.69) is 27.7 Å². The Morgan fingerprint density at radius 2 is 1.88 bits per heavy atom. The van der Waals surface area contributed by atoms with Crippen LogP contribution in [0.25, 0.3) is 0 Å². The zero-order valence-corrected chi connectivity index (χ0v) is 11.2. The van der Waals surface area contributed by atoms with Gasteiger partial charge in [0.25, 0.3) is 0 Å². The lowest BCUT2D eigenvalue weighted by Gasteiger charge is -2.36. The second-order valence-corrected chi connectivity index (χ2v) is 7.36. The summed E-state index contributed by atoms with van der Waals surface area (Å²) < 4.78 is 0. The van der Waals surface area contributed by atoms with Gasteiger partial charge in [-0.3, -0.25) is 0 Å². The molecule has 16 heavy (non-hydrogen) atoms. The Morgan fingerprint density at radius 1 is 1.19 bits per heavy atom. The summed E-state index contributed by atoms with van der Waals surface area (Å²) in [6.07, 6.45) is 5.13. The van der Waals surface area contributed by atoms with E-state index >= 15 is 0 Å². The molecule has 0 amide bonds. The van der Waals surface area contributed by atoms with E-state index in [0.29, 0.717) is 11.3 Å². The molecule has 1 unspecified atom stereocenters. The molecule has 1 spiro atoms. The second-order valence-electron chi connectivity index (χ2n) is 7.36. The van der Waals surface area contributed by atoms with Crippen molar-refractivity contribution in [3.8, 4) is 0 Å². The van der Waals surface area contributed by atoms with Crippen molar-refractivity contribution in [2.24, 2.45) is 35.0 Å². The molecule has 1 heteroatoms. The molecule has 1 nitrogen and oxygen atoms in total. The minimum Gasteiger partial charge on any atom is -0.390 e. The summed E-state index contributed by atoms with van der Waals surface area (Å²) >= 11 is 0. The average molecular weight is 222 g/mol. The maximum atomic E-state index is 10.5. The van der Waals surface area contributed by atoms with Crippen LogP contribution in [-0.4, -0.2) is 10.7 Å². The fourth-order valence-corrected chi connectivity index (χ4v) is 5.57.